The summed E-state index contributed by atoms with van der Waals surface area (Å²) in [6, 6.07) is 13.5. The smallest absolute Gasteiger partial charge is 0.404 e. The Hall–Kier alpha value is -2.67. The first-order valence-corrected chi connectivity index (χ1v) is 8.61. The Bertz CT molecular complexity index is 824. The molecule has 2 aromatic rings. The van der Waals surface area contributed by atoms with Crippen molar-refractivity contribution in [2.75, 3.05) is 11.9 Å². The van der Waals surface area contributed by atoms with Gasteiger partial charge in [0.2, 0.25) is 0 Å². The van der Waals surface area contributed by atoms with Crippen LogP contribution in [0.3, 0.4) is 0 Å². The van der Waals surface area contributed by atoms with Crippen LogP contribution >= 0.6 is 11.8 Å². The first kappa shape index (κ1) is 17.2. The molecule has 0 spiro atoms. The third-order valence-corrected chi connectivity index (χ3v) is 5.22. The highest BCUT2D eigenvalue weighted by Crippen LogP contribution is 2.47. The molecule has 4 N–H and O–H groups in total. The molecule has 2 atom stereocenters. The van der Waals surface area contributed by atoms with E-state index in [9.17, 15) is 14.7 Å². The summed E-state index contributed by atoms with van der Waals surface area (Å²) < 4.78 is 4.81. The molecule has 1 aliphatic heterocycles. The topological polar surface area (TPSA) is 102 Å². The molecule has 2 aromatic carbocycles. The predicted molar refractivity (Wildman–Crippen MR) is 95.4 cm³/mol. The number of nitrogens with one attached hydrogen (secondary N) is 1. The summed E-state index contributed by atoms with van der Waals surface area (Å²) >= 11 is 1.59. The van der Waals surface area contributed by atoms with Crippen LogP contribution in [-0.4, -0.2) is 23.8 Å². The minimum absolute atomic E-state index is 0.0559. The van der Waals surface area contributed by atoms with Crippen LogP contribution in [0, 0.1) is 5.92 Å². The van der Waals surface area contributed by atoms with Gasteiger partial charge in [-0.1, -0.05) is 43.0 Å². The fraction of sp³-hybridized carbons (Fsp3) is 0.222. The minimum atomic E-state index is -0.973. The Balaban J connectivity index is 1.96. The van der Waals surface area contributed by atoms with Crippen LogP contribution in [0.4, 0.5) is 16.2 Å². The minimum Gasteiger partial charge on any atom is -0.481 e. The van der Waals surface area contributed by atoms with Gasteiger partial charge in [0.05, 0.1) is 23.9 Å². The van der Waals surface area contributed by atoms with E-state index in [1.807, 2.05) is 36.4 Å². The number of hydrogen-bond donors (Lipinski definition) is 3. The van der Waals surface area contributed by atoms with Gasteiger partial charge in [0, 0.05) is 15.7 Å². The Morgan fingerprint density at radius 3 is 2.64 bits per heavy atom. The molecule has 6 nitrogen and oxygen atoms in total. The van der Waals surface area contributed by atoms with Gasteiger partial charge in [-0.2, -0.15) is 0 Å². The van der Waals surface area contributed by atoms with Crippen LogP contribution in [0.15, 0.2) is 52.3 Å². The molecule has 7 heteroatoms. The zero-order valence-electron chi connectivity index (χ0n) is 13.6. The number of carboxylic acid groups (broad SMARTS) is 1. The lowest BCUT2D eigenvalue weighted by molar-refractivity contribution is -0.140. The van der Waals surface area contributed by atoms with Crippen LogP contribution < -0.4 is 11.1 Å². The summed E-state index contributed by atoms with van der Waals surface area (Å²) in [6.07, 6.45) is -0.909. The Morgan fingerprint density at radius 2 is 1.92 bits per heavy atom. The molecule has 25 heavy (non-hydrogen) atoms. The van der Waals surface area contributed by atoms with E-state index in [4.69, 9.17) is 10.5 Å². The summed E-state index contributed by atoms with van der Waals surface area (Å²) in [5.74, 6) is -2.23. The van der Waals surface area contributed by atoms with Gasteiger partial charge in [-0.15, -0.1) is 0 Å². The lowest BCUT2D eigenvalue weighted by Crippen LogP contribution is -2.27. The highest BCUT2D eigenvalue weighted by Gasteiger charge is 2.31. The van der Waals surface area contributed by atoms with Crippen LogP contribution in [0.25, 0.3) is 0 Å². The molecule has 2 unspecified atom stereocenters. The Labute approximate surface area is 149 Å². The predicted octanol–water partition coefficient (Wildman–Crippen LogP) is 3.79. The highest BCUT2D eigenvalue weighted by molar-refractivity contribution is 7.99. The second kappa shape index (κ2) is 7.06. The van der Waals surface area contributed by atoms with Gasteiger partial charge in [-0.3, -0.25) is 4.79 Å². The molecule has 0 saturated heterocycles. The Kier molecular flexibility index (Phi) is 4.85. The maximum absolute atomic E-state index is 11.9. The number of amides is 1. The number of benzene rings is 2. The van der Waals surface area contributed by atoms with E-state index in [-0.39, 0.29) is 6.61 Å². The van der Waals surface area contributed by atoms with Crippen molar-refractivity contribution in [3.63, 3.8) is 0 Å². The normalized spacial score (nSPS) is 14.4. The van der Waals surface area contributed by atoms with Crippen LogP contribution in [0.5, 0.6) is 0 Å². The molecule has 130 valence electrons. The number of aliphatic carboxylic acids is 1. The molecule has 1 aliphatic rings. The van der Waals surface area contributed by atoms with Crippen LogP contribution in [0.2, 0.25) is 0 Å². The number of nitrogens with two attached hydrogens (primary N) is 1. The van der Waals surface area contributed by atoms with Crippen molar-refractivity contribution < 1.29 is 19.4 Å². The van der Waals surface area contributed by atoms with Crippen molar-refractivity contribution in [3.8, 4) is 0 Å². The average molecular weight is 358 g/mol. The number of rotatable bonds is 5. The van der Waals surface area contributed by atoms with Gasteiger partial charge in [-0.05, 0) is 23.8 Å². The van der Waals surface area contributed by atoms with Crippen molar-refractivity contribution in [2.24, 2.45) is 11.7 Å². The van der Waals surface area contributed by atoms with Gasteiger partial charge >= 0.3 is 12.1 Å². The van der Waals surface area contributed by atoms with E-state index < -0.39 is 23.9 Å². The van der Waals surface area contributed by atoms with Gasteiger partial charge in [0.25, 0.3) is 0 Å². The zero-order valence-corrected chi connectivity index (χ0v) is 14.4. The molecule has 0 bridgehead atoms. The molecule has 0 fully saturated rings. The van der Waals surface area contributed by atoms with Crippen molar-refractivity contribution in [3.05, 3.63) is 48.0 Å². The third kappa shape index (κ3) is 3.56. The number of fused-ring (bicyclic) bond motifs is 2. The van der Waals surface area contributed by atoms with Crippen LogP contribution in [0.1, 0.15) is 18.4 Å². The monoisotopic (exact) mass is 358 g/mol. The van der Waals surface area contributed by atoms with E-state index in [0.717, 1.165) is 21.2 Å². The number of para-hydroxylation sites is 2. The lowest BCUT2D eigenvalue weighted by atomic mass is 9.86. The lowest BCUT2D eigenvalue weighted by Gasteiger charge is -2.27. The van der Waals surface area contributed by atoms with Gasteiger partial charge in [0.1, 0.15) is 0 Å². The number of anilines is 2. The number of primary amides is 1. The van der Waals surface area contributed by atoms with Gasteiger partial charge in [-0.25, -0.2) is 4.79 Å². The molecule has 3 rings (SSSR count). The molecule has 1 amide bonds. The molecule has 0 aromatic heterocycles. The van der Waals surface area contributed by atoms with E-state index >= 15 is 0 Å². The molecule has 0 aliphatic carbocycles. The second-order valence-corrected chi connectivity index (χ2v) is 6.95. The maximum Gasteiger partial charge on any atom is 0.404 e. The number of hydrogen-bond acceptors (Lipinski definition) is 5. The summed E-state index contributed by atoms with van der Waals surface area (Å²) in [5.41, 5.74) is 7.38. The summed E-state index contributed by atoms with van der Waals surface area (Å²) in [7, 11) is 0. The van der Waals surface area contributed by atoms with Crippen molar-refractivity contribution in [1.29, 1.82) is 0 Å². The van der Waals surface area contributed by atoms with E-state index in [1.165, 1.54) is 0 Å². The number of carbonyl (C=O) groups excluding carboxylic acids is 1. The number of ether oxygens (including phenoxy) is 1. The molecule has 0 saturated carbocycles. The summed E-state index contributed by atoms with van der Waals surface area (Å²) in [5, 5.41) is 13.1. The number of carboxylic acids is 1. The first-order valence-electron chi connectivity index (χ1n) is 7.79. The zero-order chi connectivity index (χ0) is 18.0. The Morgan fingerprint density at radius 1 is 1.20 bits per heavy atom. The highest BCUT2D eigenvalue weighted by atomic mass is 32.2. The SMILES string of the molecule is CC(COC(N)=O)C(C(=O)O)c1cccc2c1Nc1ccccc1S2. The van der Waals surface area contributed by atoms with Crippen molar-refractivity contribution in [1.82, 2.24) is 0 Å². The summed E-state index contributed by atoms with van der Waals surface area (Å²) in [4.78, 5) is 24.8. The van der Waals surface area contributed by atoms with E-state index in [0.29, 0.717) is 5.56 Å². The largest absolute Gasteiger partial charge is 0.481 e. The molecule has 0 radical (unpaired) electrons. The molecule has 1 heterocycles. The van der Waals surface area contributed by atoms with Crippen LogP contribution in [-0.2, 0) is 9.53 Å². The fourth-order valence-electron chi connectivity index (χ4n) is 2.93. The molecular weight excluding hydrogens is 340 g/mol. The van der Waals surface area contributed by atoms with Gasteiger partial charge < -0.3 is 20.9 Å². The summed E-state index contributed by atoms with van der Waals surface area (Å²) in [6.45, 7) is 1.67. The quantitative estimate of drug-likeness (QED) is 0.641. The average Bonchev–Trinajstić information content (AvgIpc) is 2.58. The second-order valence-electron chi connectivity index (χ2n) is 5.87. The first-order chi connectivity index (χ1) is 12.0. The molecular formula is C18H18N2O4S. The van der Waals surface area contributed by atoms with E-state index in [1.54, 1.807) is 24.8 Å². The van der Waals surface area contributed by atoms with Crippen molar-refractivity contribution in [2.45, 2.75) is 22.6 Å². The standard InChI is InChI=1S/C18H18N2O4S/c1-10(9-24-18(19)23)15(17(21)22)11-5-4-8-14-16(11)20-12-6-2-3-7-13(12)25-14/h2-8,10,15,20H,9H2,1H3,(H2,19,23)(H,21,22). The van der Waals surface area contributed by atoms with E-state index in [2.05, 4.69) is 5.32 Å². The fourth-order valence-corrected chi connectivity index (χ4v) is 3.96. The maximum atomic E-state index is 11.9. The third-order valence-electron chi connectivity index (χ3n) is 4.08. The van der Waals surface area contributed by atoms with Gasteiger partial charge in [0.15, 0.2) is 0 Å². The van der Waals surface area contributed by atoms with Crippen molar-refractivity contribution >= 4 is 35.2 Å². The number of carbonyl (C=O) groups is 2.